The van der Waals surface area contributed by atoms with Gasteiger partial charge in [-0.1, -0.05) is 6.07 Å². The summed E-state index contributed by atoms with van der Waals surface area (Å²) in [6.45, 7) is 0. The number of carbonyl (C=O) groups excluding carboxylic acids is 1. The van der Waals surface area contributed by atoms with Crippen LogP contribution in [0.5, 0.6) is 0 Å². The van der Waals surface area contributed by atoms with Gasteiger partial charge in [0.1, 0.15) is 5.82 Å². The molecule has 2 aromatic rings. The Balaban J connectivity index is 2.23. The van der Waals surface area contributed by atoms with Crippen molar-refractivity contribution in [3.63, 3.8) is 0 Å². The van der Waals surface area contributed by atoms with Crippen LogP contribution in [0.4, 0.5) is 5.82 Å². The molecular weight excluding hydrogens is 335 g/mol. The minimum atomic E-state index is -0.0298. The predicted octanol–water partition coefficient (Wildman–Crippen LogP) is 3.02. The van der Waals surface area contributed by atoms with Gasteiger partial charge in [-0.25, -0.2) is 4.98 Å². The maximum Gasteiger partial charge on any atom is 0.260 e. The third-order valence-corrected chi connectivity index (χ3v) is 3.90. The second kappa shape index (κ2) is 4.92. The van der Waals surface area contributed by atoms with Crippen LogP contribution in [0.3, 0.4) is 0 Å². The van der Waals surface area contributed by atoms with E-state index in [1.165, 1.54) is 0 Å². The minimum absolute atomic E-state index is 0.0298. The third kappa shape index (κ3) is 2.41. The average molecular weight is 344 g/mol. The SMILES string of the molecule is CN(C(=O)c1csc(I)c1)c1ccccn1. The highest BCUT2D eigenvalue weighted by Crippen LogP contribution is 2.19. The van der Waals surface area contributed by atoms with Crippen LogP contribution in [0, 0.1) is 2.88 Å². The molecule has 0 saturated carbocycles. The summed E-state index contributed by atoms with van der Waals surface area (Å²) >= 11 is 3.77. The lowest BCUT2D eigenvalue weighted by Gasteiger charge is -2.14. The van der Waals surface area contributed by atoms with E-state index in [0.717, 1.165) is 2.88 Å². The zero-order valence-corrected chi connectivity index (χ0v) is 11.5. The van der Waals surface area contributed by atoms with E-state index in [9.17, 15) is 4.79 Å². The van der Waals surface area contributed by atoms with Gasteiger partial charge in [-0.15, -0.1) is 11.3 Å². The Hall–Kier alpha value is -0.950. The normalized spacial score (nSPS) is 10.1. The van der Waals surface area contributed by atoms with Crippen molar-refractivity contribution >= 4 is 45.7 Å². The van der Waals surface area contributed by atoms with Crippen molar-refractivity contribution in [1.82, 2.24) is 4.98 Å². The molecule has 16 heavy (non-hydrogen) atoms. The van der Waals surface area contributed by atoms with E-state index in [2.05, 4.69) is 27.6 Å². The molecule has 0 radical (unpaired) electrons. The van der Waals surface area contributed by atoms with E-state index >= 15 is 0 Å². The van der Waals surface area contributed by atoms with Gasteiger partial charge in [0, 0.05) is 18.6 Å². The molecule has 0 aliphatic heterocycles. The monoisotopic (exact) mass is 344 g/mol. The van der Waals surface area contributed by atoms with E-state index < -0.39 is 0 Å². The number of pyridine rings is 1. The topological polar surface area (TPSA) is 33.2 Å². The third-order valence-electron chi connectivity index (χ3n) is 2.11. The van der Waals surface area contributed by atoms with E-state index in [0.29, 0.717) is 11.4 Å². The highest BCUT2D eigenvalue weighted by Gasteiger charge is 2.15. The lowest BCUT2D eigenvalue weighted by atomic mass is 10.3. The Labute approximate surface area is 111 Å². The standard InChI is InChI=1S/C11H9IN2OS/c1-14(10-4-2-3-5-13-10)11(15)8-6-9(12)16-7-8/h2-7H,1H3. The molecule has 2 rings (SSSR count). The molecule has 0 bridgehead atoms. The van der Waals surface area contributed by atoms with Crippen LogP contribution in [0.1, 0.15) is 10.4 Å². The van der Waals surface area contributed by atoms with Crippen LogP contribution in [0.25, 0.3) is 0 Å². The van der Waals surface area contributed by atoms with Gasteiger partial charge in [0.15, 0.2) is 0 Å². The van der Waals surface area contributed by atoms with E-state index in [1.807, 2.05) is 29.6 Å². The highest BCUT2D eigenvalue weighted by atomic mass is 127. The number of anilines is 1. The van der Waals surface area contributed by atoms with Crippen molar-refractivity contribution in [1.29, 1.82) is 0 Å². The first kappa shape index (κ1) is 11.5. The van der Waals surface area contributed by atoms with E-state index in [4.69, 9.17) is 0 Å². The first-order valence-corrected chi connectivity index (χ1v) is 6.57. The fraction of sp³-hybridized carbons (Fsp3) is 0.0909. The van der Waals surface area contributed by atoms with Crippen LogP contribution < -0.4 is 4.90 Å². The number of hydrogen-bond acceptors (Lipinski definition) is 3. The summed E-state index contributed by atoms with van der Waals surface area (Å²) in [6.07, 6.45) is 1.68. The van der Waals surface area contributed by atoms with Gasteiger partial charge in [-0.3, -0.25) is 9.69 Å². The molecule has 0 unspecified atom stereocenters. The number of rotatable bonds is 2. The summed E-state index contributed by atoms with van der Waals surface area (Å²) < 4.78 is 1.11. The van der Waals surface area contributed by atoms with Crippen molar-refractivity contribution in [3.8, 4) is 0 Å². The van der Waals surface area contributed by atoms with Crippen LogP contribution >= 0.6 is 33.9 Å². The van der Waals surface area contributed by atoms with Gasteiger partial charge in [-0.2, -0.15) is 0 Å². The van der Waals surface area contributed by atoms with Gasteiger partial charge in [-0.05, 0) is 40.8 Å². The Bertz CT molecular complexity index is 498. The van der Waals surface area contributed by atoms with Gasteiger partial charge < -0.3 is 0 Å². The maximum absolute atomic E-state index is 12.0. The molecule has 3 nitrogen and oxygen atoms in total. The second-order valence-corrected chi connectivity index (χ2v) is 6.00. The van der Waals surface area contributed by atoms with Crippen molar-refractivity contribution in [3.05, 3.63) is 44.3 Å². The number of carbonyl (C=O) groups is 1. The molecule has 0 aromatic carbocycles. The number of halogens is 1. The Morgan fingerprint density at radius 3 is 2.88 bits per heavy atom. The summed E-state index contributed by atoms with van der Waals surface area (Å²) in [6, 6.07) is 7.39. The van der Waals surface area contributed by atoms with E-state index in [-0.39, 0.29) is 5.91 Å². The Morgan fingerprint density at radius 1 is 1.50 bits per heavy atom. The van der Waals surface area contributed by atoms with Gasteiger partial charge in [0.2, 0.25) is 0 Å². The number of amides is 1. The van der Waals surface area contributed by atoms with Crippen molar-refractivity contribution in [2.45, 2.75) is 0 Å². The van der Waals surface area contributed by atoms with Gasteiger partial charge >= 0.3 is 0 Å². The number of hydrogen-bond donors (Lipinski definition) is 0. The first-order valence-electron chi connectivity index (χ1n) is 4.61. The zero-order chi connectivity index (χ0) is 11.5. The number of thiophene rings is 1. The molecular formula is C11H9IN2OS. The maximum atomic E-state index is 12.0. The predicted molar refractivity (Wildman–Crippen MR) is 74.0 cm³/mol. The van der Waals surface area contributed by atoms with E-state index in [1.54, 1.807) is 29.5 Å². The minimum Gasteiger partial charge on any atom is -0.296 e. The fourth-order valence-corrected chi connectivity index (χ4v) is 2.59. The summed E-state index contributed by atoms with van der Waals surface area (Å²) in [7, 11) is 1.73. The van der Waals surface area contributed by atoms with Gasteiger partial charge in [0.05, 0.1) is 8.45 Å². The Kier molecular flexibility index (Phi) is 3.55. The molecule has 0 saturated heterocycles. The summed E-state index contributed by atoms with van der Waals surface area (Å²) in [5, 5.41) is 1.86. The fourth-order valence-electron chi connectivity index (χ4n) is 1.27. The Morgan fingerprint density at radius 2 is 2.31 bits per heavy atom. The zero-order valence-electron chi connectivity index (χ0n) is 8.55. The molecule has 5 heteroatoms. The quantitative estimate of drug-likeness (QED) is 0.785. The number of aromatic nitrogens is 1. The van der Waals surface area contributed by atoms with Crippen LogP contribution in [-0.4, -0.2) is 17.9 Å². The lowest BCUT2D eigenvalue weighted by Crippen LogP contribution is -2.26. The van der Waals surface area contributed by atoms with Crippen molar-refractivity contribution in [2.24, 2.45) is 0 Å². The average Bonchev–Trinajstić information content (AvgIpc) is 2.75. The summed E-state index contributed by atoms with van der Waals surface area (Å²) in [5.41, 5.74) is 0.711. The molecule has 0 atom stereocenters. The number of nitrogens with zero attached hydrogens (tertiary/aromatic N) is 2. The lowest BCUT2D eigenvalue weighted by molar-refractivity contribution is 0.0992. The molecule has 1 amide bonds. The van der Waals surface area contributed by atoms with Crippen LogP contribution in [-0.2, 0) is 0 Å². The molecule has 82 valence electrons. The van der Waals surface area contributed by atoms with Crippen LogP contribution in [0.2, 0.25) is 0 Å². The molecule has 0 fully saturated rings. The summed E-state index contributed by atoms with van der Waals surface area (Å²) in [5.74, 6) is 0.631. The smallest absolute Gasteiger partial charge is 0.260 e. The molecule has 0 N–H and O–H groups in total. The molecule has 0 aliphatic rings. The molecule has 2 heterocycles. The van der Waals surface area contributed by atoms with Crippen LogP contribution in [0.15, 0.2) is 35.8 Å². The van der Waals surface area contributed by atoms with Crippen molar-refractivity contribution in [2.75, 3.05) is 11.9 Å². The molecule has 0 aliphatic carbocycles. The molecule has 0 spiro atoms. The highest BCUT2D eigenvalue weighted by molar-refractivity contribution is 14.1. The van der Waals surface area contributed by atoms with Gasteiger partial charge in [0.25, 0.3) is 5.91 Å². The van der Waals surface area contributed by atoms with Crippen molar-refractivity contribution < 1.29 is 4.79 Å². The second-order valence-electron chi connectivity index (χ2n) is 3.19. The largest absolute Gasteiger partial charge is 0.296 e. The molecule has 2 aromatic heterocycles. The first-order chi connectivity index (χ1) is 7.68. The summed E-state index contributed by atoms with van der Waals surface area (Å²) in [4.78, 5) is 17.7.